The van der Waals surface area contributed by atoms with Gasteiger partial charge in [0.2, 0.25) is 5.91 Å². The van der Waals surface area contributed by atoms with Crippen LogP contribution in [0.15, 0.2) is 22.6 Å². The Morgan fingerprint density at radius 2 is 2.33 bits per heavy atom. The van der Waals surface area contributed by atoms with Gasteiger partial charge in [0.1, 0.15) is 5.52 Å². The van der Waals surface area contributed by atoms with Gasteiger partial charge in [-0.05, 0) is 24.6 Å². The lowest BCUT2D eigenvalue weighted by atomic mass is 10.2. The Morgan fingerprint density at radius 1 is 1.52 bits per heavy atom. The molecule has 2 atom stereocenters. The van der Waals surface area contributed by atoms with E-state index >= 15 is 0 Å². The Labute approximate surface area is 122 Å². The van der Waals surface area contributed by atoms with Gasteiger partial charge in [-0.2, -0.15) is 0 Å². The number of nitrogens with one attached hydrogen (secondary N) is 2. The average molecular weight is 289 g/mol. The molecule has 2 aromatic rings. The zero-order valence-electron chi connectivity index (χ0n) is 12.1. The molecule has 0 aliphatic carbocycles. The number of hydrogen-bond acceptors (Lipinski definition) is 5. The van der Waals surface area contributed by atoms with Crippen LogP contribution in [0.25, 0.3) is 11.1 Å². The first kappa shape index (κ1) is 14.0. The number of rotatable bonds is 3. The van der Waals surface area contributed by atoms with E-state index in [1.54, 1.807) is 18.2 Å². The summed E-state index contributed by atoms with van der Waals surface area (Å²) in [6.45, 7) is 4.49. The van der Waals surface area contributed by atoms with Crippen molar-refractivity contribution in [1.82, 2.24) is 10.3 Å². The van der Waals surface area contributed by atoms with Crippen LogP contribution in [0.1, 0.15) is 32.1 Å². The van der Waals surface area contributed by atoms with Crippen molar-refractivity contribution in [2.75, 3.05) is 11.9 Å². The molecule has 1 aromatic heterocycles. The number of aromatic nitrogens is 1. The van der Waals surface area contributed by atoms with Gasteiger partial charge < -0.3 is 20.2 Å². The smallest absolute Gasteiger partial charge is 0.241 e. The zero-order valence-corrected chi connectivity index (χ0v) is 12.1. The fourth-order valence-electron chi connectivity index (χ4n) is 2.42. The highest BCUT2D eigenvalue weighted by Crippen LogP contribution is 2.24. The third kappa shape index (κ3) is 2.91. The first-order valence-electron chi connectivity index (χ1n) is 7.15. The summed E-state index contributed by atoms with van der Waals surface area (Å²) in [6, 6.07) is 5.05. The quantitative estimate of drug-likeness (QED) is 0.799. The largest absolute Gasteiger partial charge is 0.440 e. The number of carbonyl (C=O) groups excluding carboxylic acids is 1. The maximum atomic E-state index is 12.1. The number of benzene rings is 1. The summed E-state index contributed by atoms with van der Waals surface area (Å²) in [7, 11) is 0. The van der Waals surface area contributed by atoms with Gasteiger partial charge in [0.15, 0.2) is 11.5 Å². The van der Waals surface area contributed by atoms with Crippen LogP contribution in [0.3, 0.4) is 0 Å². The SMILES string of the molecule is CC(C)c1nc2cc(NC(=O)C3CC(O)CN3)ccc2o1. The Bertz CT molecular complexity index is 665. The van der Waals surface area contributed by atoms with Crippen LogP contribution in [-0.4, -0.2) is 34.7 Å². The third-order valence-corrected chi connectivity index (χ3v) is 3.59. The lowest BCUT2D eigenvalue weighted by Crippen LogP contribution is -2.35. The van der Waals surface area contributed by atoms with E-state index in [4.69, 9.17) is 4.42 Å². The second-order valence-corrected chi connectivity index (χ2v) is 5.73. The van der Waals surface area contributed by atoms with Gasteiger partial charge in [0.05, 0.1) is 12.1 Å². The Balaban J connectivity index is 1.76. The molecule has 2 unspecified atom stereocenters. The molecule has 0 saturated carbocycles. The molecule has 21 heavy (non-hydrogen) atoms. The Kier molecular flexibility index (Phi) is 3.65. The normalized spacial score (nSPS) is 22.1. The number of aliphatic hydroxyl groups is 1. The molecule has 1 amide bonds. The van der Waals surface area contributed by atoms with E-state index < -0.39 is 6.10 Å². The first-order valence-corrected chi connectivity index (χ1v) is 7.15. The number of fused-ring (bicyclic) bond motifs is 1. The molecule has 0 bridgehead atoms. The number of nitrogens with zero attached hydrogens (tertiary/aromatic N) is 1. The van der Waals surface area contributed by atoms with Gasteiger partial charge >= 0.3 is 0 Å². The molecule has 6 heteroatoms. The maximum absolute atomic E-state index is 12.1. The molecule has 3 rings (SSSR count). The highest BCUT2D eigenvalue weighted by atomic mass is 16.3. The molecule has 1 aliphatic rings. The van der Waals surface area contributed by atoms with Crippen molar-refractivity contribution in [2.24, 2.45) is 0 Å². The minimum atomic E-state index is -0.452. The molecule has 6 nitrogen and oxygen atoms in total. The minimum Gasteiger partial charge on any atom is -0.440 e. The summed E-state index contributed by atoms with van der Waals surface area (Å²) < 4.78 is 5.63. The van der Waals surface area contributed by atoms with Crippen LogP contribution >= 0.6 is 0 Å². The minimum absolute atomic E-state index is 0.140. The highest BCUT2D eigenvalue weighted by molar-refractivity contribution is 5.96. The Hall–Kier alpha value is -1.92. The first-order chi connectivity index (χ1) is 10.0. The summed E-state index contributed by atoms with van der Waals surface area (Å²) in [5.41, 5.74) is 2.13. The van der Waals surface area contributed by atoms with Crippen molar-refractivity contribution in [1.29, 1.82) is 0 Å². The predicted octanol–water partition coefficient (Wildman–Crippen LogP) is 1.61. The summed E-state index contributed by atoms with van der Waals surface area (Å²) >= 11 is 0. The van der Waals surface area contributed by atoms with Gasteiger partial charge in [0.25, 0.3) is 0 Å². The zero-order chi connectivity index (χ0) is 15.0. The standard InChI is InChI=1S/C15H19N3O3/c1-8(2)15-18-11-5-9(3-4-13(11)21-15)17-14(20)12-6-10(19)7-16-12/h3-5,8,10,12,16,19H,6-7H2,1-2H3,(H,17,20). The summed E-state index contributed by atoms with van der Waals surface area (Å²) in [5, 5.41) is 15.3. The molecular formula is C15H19N3O3. The molecule has 112 valence electrons. The van der Waals surface area contributed by atoms with Gasteiger partial charge in [-0.1, -0.05) is 13.8 Å². The van der Waals surface area contributed by atoms with E-state index in [1.165, 1.54) is 0 Å². The number of hydrogen-bond donors (Lipinski definition) is 3. The van der Waals surface area contributed by atoms with Crippen LogP contribution in [0.4, 0.5) is 5.69 Å². The molecule has 2 heterocycles. The number of aliphatic hydroxyl groups excluding tert-OH is 1. The van der Waals surface area contributed by atoms with E-state index in [0.29, 0.717) is 30.1 Å². The summed E-state index contributed by atoms with van der Waals surface area (Å²) in [4.78, 5) is 16.5. The molecule has 1 fully saturated rings. The lowest BCUT2D eigenvalue weighted by molar-refractivity contribution is -0.117. The van der Waals surface area contributed by atoms with Crippen molar-refractivity contribution in [3.63, 3.8) is 0 Å². The Morgan fingerprint density at radius 3 is 3.00 bits per heavy atom. The van der Waals surface area contributed by atoms with Crippen molar-refractivity contribution in [3.8, 4) is 0 Å². The number of oxazole rings is 1. The lowest BCUT2D eigenvalue weighted by Gasteiger charge is -2.10. The van der Waals surface area contributed by atoms with Gasteiger partial charge in [-0.25, -0.2) is 4.98 Å². The molecule has 1 saturated heterocycles. The monoisotopic (exact) mass is 289 g/mol. The molecule has 1 aliphatic heterocycles. The van der Waals surface area contributed by atoms with Crippen LogP contribution in [0, 0.1) is 0 Å². The second kappa shape index (κ2) is 5.46. The molecule has 0 spiro atoms. The molecular weight excluding hydrogens is 270 g/mol. The van der Waals surface area contributed by atoms with Gasteiger partial charge in [-0.3, -0.25) is 4.79 Å². The summed E-state index contributed by atoms with van der Waals surface area (Å²) in [6.07, 6.45) is -0.0115. The molecule has 1 aromatic carbocycles. The maximum Gasteiger partial charge on any atom is 0.241 e. The fraction of sp³-hybridized carbons (Fsp3) is 0.467. The van der Waals surface area contributed by atoms with Crippen molar-refractivity contribution in [3.05, 3.63) is 24.1 Å². The number of amides is 1. The van der Waals surface area contributed by atoms with Crippen molar-refractivity contribution < 1.29 is 14.3 Å². The van der Waals surface area contributed by atoms with E-state index in [1.807, 2.05) is 13.8 Å². The van der Waals surface area contributed by atoms with Crippen LogP contribution in [-0.2, 0) is 4.79 Å². The van der Waals surface area contributed by atoms with E-state index in [0.717, 1.165) is 5.52 Å². The third-order valence-electron chi connectivity index (χ3n) is 3.59. The number of anilines is 1. The van der Waals surface area contributed by atoms with Gasteiger partial charge in [0, 0.05) is 18.2 Å². The van der Waals surface area contributed by atoms with Crippen molar-refractivity contribution in [2.45, 2.75) is 38.3 Å². The fourth-order valence-corrected chi connectivity index (χ4v) is 2.42. The summed E-state index contributed by atoms with van der Waals surface area (Å²) in [5.74, 6) is 0.771. The van der Waals surface area contributed by atoms with Gasteiger partial charge in [-0.15, -0.1) is 0 Å². The van der Waals surface area contributed by atoms with E-state index in [2.05, 4.69) is 15.6 Å². The van der Waals surface area contributed by atoms with E-state index in [-0.39, 0.29) is 17.9 Å². The average Bonchev–Trinajstić information content (AvgIpc) is 3.04. The topological polar surface area (TPSA) is 87.4 Å². The van der Waals surface area contributed by atoms with E-state index in [9.17, 15) is 9.90 Å². The van der Waals surface area contributed by atoms with Crippen molar-refractivity contribution >= 4 is 22.7 Å². The van der Waals surface area contributed by atoms with Crippen LogP contribution in [0.2, 0.25) is 0 Å². The van der Waals surface area contributed by atoms with Crippen LogP contribution in [0.5, 0.6) is 0 Å². The molecule has 3 N–H and O–H groups in total. The van der Waals surface area contributed by atoms with Crippen LogP contribution < -0.4 is 10.6 Å². The number of carbonyl (C=O) groups is 1. The second-order valence-electron chi connectivity index (χ2n) is 5.73. The number of β-amino-alcohol motifs (C(OH)–C–C–N with tert-alkyl or cyclic N) is 1. The molecule has 0 radical (unpaired) electrons. The highest BCUT2D eigenvalue weighted by Gasteiger charge is 2.28. The predicted molar refractivity (Wildman–Crippen MR) is 79.1 cm³/mol.